The Morgan fingerprint density at radius 2 is 1.68 bits per heavy atom. The Labute approximate surface area is 146 Å². The standard InChI is InChI=1S/C19H19N3O3/c1-13(2)25-17-6-4-3-5-16(17)22-19(24)11-18(23)21-15-9-7-14(12-20)8-10-15/h3-10,13H,11H2,1-2H3,(H,21,23)(H,22,24). The molecule has 0 aliphatic carbocycles. The minimum atomic E-state index is -0.440. The van der Waals surface area contributed by atoms with Crippen LogP contribution in [0.15, 0.2) is 48.5 Å². The lowest BCUT2D eigenvalue weighted by atomic mass is 10.2. The van der Waals surface area contributed by atoms with Crippen LogP contribution in [0.4, 0.5) is 11.4 Å². The molecule has 0 aromatic heterocycles. The van der Waals surface area contributed by atoms with Gasteiger partial charge in [0.1, 0.15) is 12.2 Å². The maximum absolute atomic E-state index is 12.1. The second-order valence-corrected chi connectivity index (χ2v) is 5.63. The largest absolute Gasteiger partial charge is 0.489 e. The van der Waals surface area contributed by atoms with Gasteiger partial charge in [-0.25, -0.2) is 0 Å². The van der Waals surface area contributed by atoms with Crippen LogP contribution in [0.1, 0.15) is 25.8 Å². The van der Waals surface area contributed by atoms with E-state index in [-0.39, 0.29) is 12.5 Å². The number of nitriles is 1. The van der Waals surface area contributed by atoms with Crippen LogP contribution in [-0.2, 0) is 9.59 Å². The number of hydrogen-bond acceptors (Lipinski definition) is 4. The normalized spacial score (nSPS) is 10.0. The number of nitrogens with one attached hydrogen (secondary N) is 2. The molecule has 0 heterocycles. The van der Waals surface area contributed by atoms with Crippen molar-refractivity contribution in [1.29, 1.82) is 5.26 Å². The summed E-state index contributed by atoms with van der Waals surface area (Å²) >= 11 is 0. The molecule has 0 aliphatic heterocycles. The molecule has 0 unspecified atom stereocenters. The smallest absolute Gasteiger partial charge is 0.233 e. The summed E-state index contributed by atoms with van der Waals surface area (Å²) in [5.41, 5.74) is 1.55. The third-order valence-electron chi connectivity index (χ3n) is 3.14. The topological polar surface area (TPSA) is 91.2 Å². The molecule has 128 valence electrons. The average Bonchev–Trinajstić information content (AvgIpc) is 2.56. The summed E-state index contributed by atoms with van der Waals surface area (Å²) in [6, 6.07) is 15.5. The Morgan fingerprint density at radius 1 is 1.04 bits per heavy atom. The van der Waals surface area contributed by atoms with E-state index in [2.05, 4.69) is 10.6 Å². The number of anilines is 2. The van der Waals surface area contributed by atoms with Crippen molar-refractivity contribution >= 4 is 23.2 Å². The predicted molar refractivity (Wildman–Crippen MR) is 95.2 cm³/mol. The third kappa shape index (κ3) is 5.66. The van der Waals surface area contributed by atoms with E-state index in [1.54, 1.807) is 42.5 Å². The van der Waals surface area contributed by atoms with Gasteiger partial charge in [0, 0.05) is 5.69 Å². The minimum Gasteiger partial charge on any atom is -0.489 e. The van der Waals surface area contributed by atoms with Gasteiger partial charge in [-0.1, -0.05) is 12.1 Å². The molecule has 2 aromatic rings. The number of benzene rings is 2. The molecule has 2 N–H and O–H groups in total. The Bertz CT molecular complexity index is 792. The Morgan fingerprint density at radius 3 is 2.32 bits per heavy atom. The maximum atomic E-state index is 12.1. The van der Waals surface area contributed by atoms with Gasteiger partial charge in [-0.15, -0.1) is 0 Å². The average molecular weight is 337 g/mol. The number of carbonyl (C=O) groups is 2. The van der Waals surface area contributed by atoms with Crippen LogP contribution in [0.25, 0.3) is 0 Å². The first-order valence-corrected chi connectivity index (χ1v) is 7.83. The fourth-order valence-corrected chi connectivity index (χ4v) is 2.10. The molecule has 6 heteroatoms. The van der Waals surface area contributed by atoms with Crippen LogP contribution in [0.5, 0.6) is 5.75 Å². The number of hydrogen-bond donors (Lipinski definition) is 2. The lowest BCUT2D eigenvalue weighted by molar-refractivity contribution is -0.123. The van der Waals surface area contributed by atoms with E-state index in [4.69, 9.17) is 10.00 Å². The van der Waals surface area contributed by atoms with Crippen molar-refractivity contribution < 1.29 is 14.3 Å². The molecule has 0 saturated carbocycles. The van der Waals surface area contributed by atoms with Crippen LogP contribution in [-0.4, -0.2) is 17.9 Å². The van der Waals surface area contributed by atoms with Crippen LogP contribution < -0.4 is 15.4 Å². The molecule has 6 nitrogen and oxygen atoms in total. The van der Waals surface area contributed by atoms with Crippen LogP contribution in [0.3, 0.4) is 0 Å². The summed E-state index contributed by atoms with van der Waals surface area (Å²) in [4.78, 5) is 24.0. The van der Waals surface area contributed by atoms with E-state index < -0.39 is 11.8 Å². The van der Waals surface area contributed by atoms with Crippen LogP contribution in [0, 0.1) is 11.3 Å². The molecule has 0 spiro atoms. The molecular formula is C19H19N3O3. The van der Waals surface area contributed by atoms with Crippen molar-refractivity contribution in [3.05, 3.63) is 54.1 Å². The second-order valence-electron chi connectivity index (χ2n) is 5.63. The zero-order chi connectivity index (χ0) is 18.2. The van der Waals surface area contributed by atoms with Crippen molar-refractivity contribution in [3.8, 4) is 11.8 Å². The monoisotopic (exact) mass is 337 g/mol. The van der Waals surface area contributed by atoms with Crippen LogP contribution in [0.2, 0.25) is 0 Å². The highest BCUT2D eigenvalue weighted by Crippen LogP contribution is 2.25. The number of ether oxygens (including phenoxy) is 1. The summed E-state index contributed by atoms with van der Waals surface area (Å²) < 4.78 is 5.63. The zero-order valence-electron chi connectivity index (χ0n) is 14.1. The fourth-order valence-electron chi connectivity index (χ4n) is 2.10. The third-order valence-corrected chi connectivity index (χ3v) is 3.14. The Kier molecular flexibility index (Phi) is 6.13. The highest BCUT2D eigenvalue weighted by Gasteiger charge is 2.13. The quantitative estimate of drug-likeness (QED) is 0.791. The highest BCUT2D eigenvalue weighted by molar-refractivity contribution is 6.08. The van der Waals surface area contributed by atoms with Gasteiger partial charge >= 0.3 is 0 Å². The van der Waals surface area contributed by atoms with Crippen molar-refractivity contribution in [2.45, 2.75) is 26.4 Å². The number of carbonyl (C=O) groups excluding carboxylic acids is 2. The zero-order valence-corrected chi connectivity index (χ0v) is 14.1. The van der Waals surface area contributed by atoms with Gasteiger partial charge < -0.3 is 15.4 Å². The number of rotatable bonds is 6. The summed E-state index contributed by atoms with van der Waals surface area (Å²) in [6.07, 6.45) is -0.353. The van der Waals surface area contributed by atoms with Crippen molar-refractivity contribution in [3.63, 3.8) is 0 Å². The van der Waals surface area contributed by atoms with Gasteiger partial charge in [0.05, 0.1) is 23.4 Å². The Balaban J connectivity index is 1.93. The van der Waals surface area contributed by atoms with Gasteiger partial charge in [0.2, 0.25) is 11.8 Å². The SMILES string of the molecule is CC(C)Oc1ccccc1NC(=O)CC(=O)Nc1ccc(C#N)cc1. The number of amides is 2. The van der Waals surface area contributed by atoms with Gasteiger partial charge in [0.15, 0.2) is 0 Å². The van der Waals surface area contributed by atoms with Crippen LogP contribution >= 0.6 is 0 Å². The molecule has 0 atom stereocenters. The molecule has 0 bridgehead atoms. The lowest BCUT2D eigenvalue weighted by Gasteiger charge is -2.14. The summed E-state index contributed by atoms with van der Waals surface area (Å²) in [7, 11) is 0. The van der Waals surface area contributed by atoms with E-state index >= 15 is 0 Å². The van der Waals surface area contributed by atoms with E-state index in [9.17, 15) is 9.59 Å². The van der Waals surface area contributed by atoms with Crippen molar-refractivity contribution in [2.24, 2.45) is 0 Å². The molecule has 0 saturated heterocycles. The lowest BCUT2D eigenvalue weighted by Crippen LogP contribution is -2.22. The second kappa shape index (κ2) is 8.50. The van der Waals surface area contributed by atoms with Gasteiger partial charge in [-0.2, -0.15) is 5.26 Å². The van der Waals surface area contributed by atoms with E-state index in [1.807, 2.05) is 26.0 Å². The van der Waals surface area contributed by atoms with Gasteiger partial charge in [0.25, 0.3) is 0 Å². The van der Waals surface area contributed by atoms with E-state index in [0.717, 1.165) is 0 Å². The molecule has 25 heavy (non-hydrogen) atoms. The van der Waals surface area contributed by atoms with Gasteiger partial charge in [-0.05, 0) is 50.2 Å². The molecular weight excluding hydrogens is 318 g/mol. The van der Waals surface area contributed by atoms with Gasteiger partial charge in [-0.3, -0.25) is 9.59 Å². The van der Waals surface area contributed by atoms with Crippen molar-refractivity contribution in [1.82, 2.24) is 0 Å². The fraction of sp³-hybridized carbons (Fsp3) is 0.211. The first-order valence-electron chi connectivity index (χ1n) is 7.83. The molecule has 0 fully saturated rings. The number of nitrogens with zero attached hydrogens (tertiary/aromatic N) is 1. The minimum absolute atomic E-state index is 0.0299. The Hall–Kier alpha value is -3.33. The summed E-state index contributed by atoms with van der Waals surface area (Å²) in [6.45, 7) is 3.78. The molecule has 2 amide bonds. The molecule has 2 aromatic carbocycles. The first-order chi connectivity index (χ1) is 12.0. The summed E-state index contributed by atoms with van der Waals surface area (Å²) in [5.74, 6) is -0.325. The van der Waals surface area contributed by atoms with E-state index in [1.165, 1.54) is 0 Å². The van der Waals surface area contributed by atoms with E-state index in [0.29, 0.717) is 22.7 Å². The first kappa shape index (κ1) is 18.0. The van der Waals surface area contributed by atoms with Crippen molar-refractivity contribution in [2.75, 3.05) is 10.6 Å². The predicted octanol–water partition coefficient (Wildman–Crippen LogP) is 3.31. The number of para-hydroxylation sites is 2. The maximum Gasteiger partial charge on any atom is 0.233 e. The molecule has 0 aliphatic rings. The highest BCUT2D eigenvalue weighted by atomic mass is 16.5. The molecule has 0 radical (unpaired) electrons. The summed E-state index contributed by atoms with van der Waals surface area (Å²) in [5, 5.41) is 14.0. The molecule has 2 rings (SSSR count).